The smallest absolute Gasteiger partial charge is 0.217 e. The van der Waals surface area contributed by atoms with Crippen LogP contribution in [0.3, 0.4) is 0 Å². The van der Waals surface area contributed by atoms with Gasteiger partial charge < -0.3 is 5.73 Å². The van der Waals surface area contributed by atoms with Crippen molar-refractivity contribution < 1.29 is 8.42 Å². The summed E-state index contributed by atoms with van der Waals surface area (Å²) in [5.41, 5.74) is 5.42. The molecule has 2 N–H and O–H groups in total. The molecule has 5 heteroatoms. The molecule has 0 aromatic carbocycles. The second-order valence-corrected chi connectivity index (χ2v) is 7.04. The minimum atomic E-state index is -3.16. The van der Waals surface area contributed by atoms with E-state index in [4.69, 9.17) is 5.73 Å². The first kappa shape index (κ1) is 12.9. The maximum absolute atomic E-state index is 12.0. The fourth-order valence-electron chi connectivity index (χ4n) is 1.83. The Morgan fingerprint density at radius 1 is 1.40 bits per heavy atom. The number of piperidine rings is 1. The average Bonchev–Trinajstić information content (AvgIpc) is 2.20. The summed E-state index contributed by atoms with van der Waals surface area (Å²) < 4.78 is 25.6. The summed E-state index contributed by atoms with van der Waals surface area (Å²) in [6, 6.07) is 0. The van der Waals surface area contributed by atoms with Crippen LogP contribution in [-0.2, 0) is 10.0 Å². The van der Waals surface area contributed by atoms with Crippen LogP contribution in [0.2, 0.25) is 0 Å². The van der Waals surface area contributed by atoms with E-state index in [0.717, 1.165) is 6.42 Å². The summed E-state index contributed by atoms with van der Waals surface area (Å²) >= 11 is 0. The van der Waals surface area contributed by atoms with Crippen molar-refractivity contribution in [3.05, 3.63) is 0 Å². The van der Waals surface area contributed by atoms with E-state index < -0.39 is 15.3 Å². The maximum atomic E-state index is 12.0. The van der Waals surface area contributed by atoms with Crippen LogP contribution in [0.1, 0.15) is 27.2 Å². The summed E-state index contributed by atoms with van der Waals surface area (Å²) in [7, 11) is -3.16. The molecule has 1 saturated heterocycles. The minimum Gasteiger partial charge on any atom is -0.329 e. The van der Waals surface area contributed by atoms with Crippen LogP contribution < -0.4 is 5.73 Å². The molecule has 0 bridgehead atoms. The monoisotopic (exact) mass is 234 g/mol. The zero-order chi connectivity index (χ0) is 11.6. The number of sulfonamides is 1. The standard InChI is InChI=1S/C10H22N2O2S/c1-8-4-5-12(7-9(8)2)15(13,14)10(3)6-11/h8-10H,4-7,11H2,1-3H3. The molecule has 1 rings (SSSR count). The molecule has 0 radical (unpaired) electrons. The molecule has 3 atom stereocenters. The molecule has 1 fully saturated rings. The molecule has 0 aliphatic carbocycles. The molecule has 1 heterocycles. The average molecular weight is 234 g/mol. The number of nitrogens with two attached hydrogens (primary N) is 1. The molecule has 4 nitrogen and oxygen atoms in total. The molecule has 15 heavy (non-hydrogen) atoms. The second-order valence-electron chi connectivity index (χ2n) is 4.69. The molecule has 0 spiro atoms. The highest BCUT2D eigenvalue weighted by atomic mass is 32.2. The van der Waals surface area contributed by atoms with E-state index in [1.165, 1.54) is 0 Å². The Bertz CT molecular complexity index is 303. The third-order valence-corrected chi connectivity index (χ3v) is 5.76. The maximum Gasteiger partial charge on any atom is 0.217 e. The van der Waals surface area contributed by atoms with Gasteiger partial charge in [-0.25, -0.2) is 12.7 Å². The molecule has 0 amide bonds. The lowest BCUT2D eigenvalue weighted by Crippen LogP contribution is -2.47. The highest BCUT2D eigenvalue weighted by Gasteiger charge is 2.33. The van der Waals surface area contributed by atoms with Gasteiger partial charge in [-0.05, 0) is 25.2 Å². The summed E-state index contributed by atoms with van der Waals surface area (Å²) in [6.07, 6.45) is 0.956. The van der Waals surface area contributed by atoms with Gasteiger partial charge >= 0.3 is 0 Å². The Balaban J connectivity index is 2.73. The van der Waals surface area contributed by atoms with Crippen LogP contribution in [0.5, 0.6) is 0 Å². The fraction of sp³-hybridized carbons (Fsp3) is 1.00. The fourth-order valence-corrected chi connectivity index (χ4v) is 3.39. The number of hydrogen-bond acceptors (Lipinski definition) is 3. The molecule has 3 unspecified atom stereocenters. The Morgan fingerprint density at radius 2 is 2.00 bits per heavy atom. The molecule has 0 aromatic heterocycles. The number of rotatable bonds is 3. The second kappa shape index (κ2) is 4.80. The van der Waals surface area contributed by atoms with E-state index in [0.29, 0.717) is 24.9 Å². The Hall–Kier alpha value is -0.130. The van der Waals surface area contributed by atoms with E-state index in [1.807, 2.05) is 0 Å². The van der Waals surface area contributed by atoms with Crippen molar-refractivity contribution in [1.82, 2.24) is 4.31 Å². The number of nitrogens with zero attached hydrogens (tertiary/aromatic N) is 1. The van der Waals surface area contributed by atoms with Crippen molar-refractivity contribution in [2.24, 2.45) is 17.6 Å². The molecule has 1 aliphatic heterocycles. The third kappa shape index (κ3) is 2.71. The summed E-state index contributed by atoms with van der Waals surface area (Å²) in [4.78, 5) is 0. The third-order valence-electron chi connectivity index (χ3n) is 3.50. The molecule has 0 saturated carbocycles. The topological polar surface area (TPSA) is 63.4 Å². The zero-order valence-electron chi connectivity index (χ0n) is 9.81. The van der Waals surface area contributed by atoms with E-state index in [9.17, 15) is 8.42 Å². The van der Waals surface area contributed by atoms with Gasteiger partial charge in [0.05, 0.1) is 5.25 Å². The van der Waals surface area contributed by atoms with Crippen molar-refractivity contribution in [2.45, 2.75) is 32.4 Å². The quantitative estimate of drug-likeness (QED) is 0.779. The van der Waals surface area contributed by atoms with E-state index in [2.05, 4.69) is 13.8 Å². The Morgan fingerprint density at radius 3 is 2.47 bits per heavy atom. The lowest BCUT2D eigenvalue weighted by atomic mass is 9.90. The van der Waals surface area contributed by atoms with Crippen LogP contribution in [0.15, 0.2) is 0 Å². The Labute approximate surface area is 92.9 Å². The highest BCUT2D eigenvalue weighted by molar-refractivity contribution is 7.89. The van der Waals surface area contributed by atoms with Gasteiger partial charge in [0.15, 0.2) is 0 Å². The van der Waals surface area contributed by atoms with Gasteiger partial charge in [0.25, 0.3) is 0 Å². The highest BCUT2D eigenvalue weighted by Crippen LogP contribution is 2.25. The zero-order valence-corrected chi connectivity index (χ0v) is 10.6. The van der Waals surface area contributed by atoms with Crippen molar-refractivity contribution >= 4 is 10.0 Å². The molecular formula is C10H22N2O2S. The van der Waals surface area contributed by atoms with Crippen molar-refractivity contribution in [3.8, 4) is 0 Å². The van der Waals surface area contributed by atoms with Crippen molar-refractivity contribution in [2.75, 3.05) is 19.6 Å². The molecule has 0 aromatic rings. The van der Waals surface area contributed by atoms with Gasteiger partial charge in [-0.2, -0.15) is 0 Å². The van der Waals surface area contributed by atoms with Gasteiger partial charge in [0.2, 0.25) is 10.0 Å². The predicted molar refractivity (Wildman–Crippen MR) is 62.0 cm³/mol. The minimum absolute atomic E-state index is 0.197. The lowest BCUT2D eigenvalue weighted by Gasteiger charge is -2.35. The summed E-state index contributed by atoms with van der Waals surface area (Å²) in [5.74, 6) is 1.06. The van der Waals surface area contributed by atoms with Crippen LogP contribution in [-0.4, -0.2) is 37.6 Å². The van der Waals surface area contributed by atoms with Crippen LogP contribution in [0.4, 0.5) is 0 Å². The van der Waals surface area contributed by atoms with E-state index in [1.54, 1.807) is 11.2 Å². The molecule has 1 aliphatic rings. The summed E-state index contributed by atoms with van der Waals surface area (Å²) in [5, 5.41) is -0.460. The first-order valence-corrected chi connectivity index (χ1v) is 7.09. The normalized spacial score (nSPS) is 31.5. The van der Waals surface area contributed by atoms with Gasteiger partial charge in [0.1, 0.15) is 0 Å². The van der Waals surface area contributed by atoms with Gasteiger partial charge in [-0.15, -0.1) is 0 Å². The largest absolute Gasteiger partial charge is 0.329 e. The van der Waals surface area contributed by atoms with E-state index >= 15 is 0 Å². The Kier molecular flexibility index (Phi) is 4.14. The lowest BCUT2D eigenvalue weighted by molar-refractivity contribution is 0.211. The van der Waals surface area contributed by atoms with Crippen molar-refractivity contribution in [1.29, 1.82) is 0 Å². The first-order valence-electron chi connectivity index (χ1n) is 5.58. The van der Waals surface area contributed by atoms with Crippen LogP contribution in [0, 0.1) is 11.8 Å². The number of hydrogen-bond donors (Lipinski definition) is 1. The predicted octanol–water partition coefficient (Wildman–Crippen LogP) is 0.641. The van der Waals surface area contributed by atoms with Crippen LogP contribution >= 0.6 is 0 Å². The van der Waals surface area contributed by atoms with Gasteiger partial charge in [-0.3, -0.25) is 0 Å². The molecule has 90 valence electrons. The van der Waals surface area contributed by atoms with Crippen molar-refractivity contribution in [3.63, 3.8) is 0 Å². The first-order chi connectivity index (χ1) is 6.89. The van der Waals surface area contributed by atoms with Gasteiger partial charge in [-0.1, -0.05) is 13.8 Å². The van der Waals surface area contributed by atoms with E-state index in [-0.39, 0.29) is 6.54 Å². The van der Waals surface area contributed by atoms with Crippen LogP contribution in [0.25, 0.3) is 0 Å². The summed E-state index contributed by atoms with van der Waals surface area (Å²) in [6.45, 7) is 7.47. The van der Waals surface area contributed by atoms with Gasteiger partial charge in [0, 0.05) is 19.6 Å². The SMILES string of the molecule is CC1CCN(S(=O)(=O)C(C)CN)CC1C. The molecular weight excluding hydrogens is 212 g/mol.